The predicted molar refractivity (Wildman–Crippen MR) is 75.7 cm³/mol. The lowest BCUT2D eigenvalue weighted by molar-refractivity contribution is 0.276. The Bertz CT molecular complexity index is 365. The van der Waals surface area contributed by atoms with Crippen LogP contribution in [0.1, 0.15) is 49.2 Å². The largest absolute Gasteiger partial charge is 0.308 e. The molecule has 0 spiro atoms. The summed E-state index contributed by atoms with van der Waals surface area (Å²) in [6, 6.07) is 0.778. The van der Waals surface area contributed by atoms with Gasteiger partial charge in [-0.15, -0.1) is 11.3 Å². The van der Waals surface area contributed by atoms with Crippen molar-refractivity contribution in [3.05, 3.63) is 16.1 Å². The van der Waals surface area contributed by atoms with Crippen LogP contribution in [0.25, 0.3) is 0 Å². The van der Waals surface area contributed by atoms with Crippen molar-refractivity contribution in [3.8, 4) is 0 Å². The number of likely N-dealkylation sites (tertiary alicyclic amines) is 1. The van der Waals surface area contributed by atoms with Crippen LogP contribution in [-0.4, -0.2) is 29.0 Å². The molecular formula is C14H23N3S. The number of nitrogens with one attached hydrogen (secondary N) is 1. The van der Waals surface area contributed by atoms with Crippen molar-refractivity contribution < 1.29 is 0 Å². The Kier molecular flexibility index (Phi) is 4.28. The molecule has 2 heterocycles. The number of aromatic nitrogens is 1. The highest BCUT2D eigenvalue weighted by Gasteiger charge is 2.20. The minimum absolute atomic E-state index is 0.778. The van der Waals surface area contributed by atoms with E-state index in [4.69, 9.17) is 4.98 Å². The molecule has 1 aliphatic carbocycles. The Morgan fingerprint density at radius 2 is 2.00 bits per heavy atom. The summed E-state index contributed by atoms with van der Waals surface area (Å²) in [6.45, 7) is 4.54. The SMILES string of the molecule is c1sc(CN2CCCCCC2)nc1CNC1CC1. The molecule has 0 atom stereocenters. The van der Waals surface area contributed by atoms with Crippen LogP contribution >= 0.6 is 11.3 Å². The Morgan fingerprint density at radius 1 is 1.22 bits per heavy atom. The highest BCUT2D eigenvalue weighted by atomic mass is 32.1. The third-order valence-electron chi connectivity index (χ3n) is 3.81. The van der Waals surface area contributed by atoms with Gasteiger partial charge in [0.25, 0.3) is 0 Å². The molecular weight excluding hydrogens is 242 g/mol. The molecule has 3 nitrogen and oxygen atoms in total. The number of thiazole rings is 1. The average Bonchev–Trinajstić information content (AvgIpc) is 3.14. The minimum Gasteiger partial charge on any atom is -0.308 e. The van der Waals surface area contributed by atoms with Crippen molar-refractivity contribution in [2.24, 2.45) is 0 Å². The van der Waals surface area contributed by atoms with E-state index in [2.05, 4.69) is 15.6 Å². The molecule has 1 aliphatic heterocycles. The molecule has 0 bridgehead atoms. The van der Waals surface area contributed by atoms with Gasteiger partial charge in [0.2, 0.25) is 0 Å². The van der Waals surface area contributed by atoms with Crippen LogP contribution in [0.4, 0.5) is 0 Å². The first-order valence-corrected chi connectivity index (χ1v) is 8.17. The van der Waals surface area contributed by atoms with Crippen molar-refractivity contribution >= 4 is 11.3 Å². The van der Waals surface area contributed by atoms with Gasteiger partial charge in [-0.05, 0) is 38.8 Å². The molecule has 1 aromatic heterocycles. The molecule has 0 unspecified atom stereocenters. The van der Waals surface area contributed by atoms with Gasteiger partial charge in [0.1, 0.15) is 5.01 Å². The predicted octanol–water partition coefficient (Wildman–Crippen LogP) is 2.77. The standard InChI is InChI=1S/C14H23N3S/c1-2-4-8-17(7-3-1)10-14-16-13(11-18-14)9-15-12-5-6-12/h11-12,15H,1-10H2. The van der Waals surface area contributed by atoms with Crippen LogP contribution in [0.15, 0.2) is 5.38 Å². The van der Waals surface area contributed by atoms with Gasteiger partial charge < -0.3 is 5.32 Å². The molecule has 18 heavy (non-hydrogen) atoms. The number of hydrogen-bond acceptors (Lipinski definition) is 4. The fourth-order valence-electron chi connectivity index (χ4n) is 2.52. The molecule has 100 valence electrons. The summed E-state index contributed by atoms with van der Waals surface area (Å²) < 4.78 is 0. The number of nitrogens with zero attached hydrogens (tertiary/aromatic N) is 2. The molecule has 2 fully saturated rings. The van der Waals surface area contributed by atoms with Gasteiger partial charge in [-0.25, -0.2) is 4.98 Å². The van der Waals surface area contributed by atoms with Crippen LogP contribution in [0.5, 0.6) is 0 Å². The third kappa shape index (κ3) is 3.77. The molecule has 0 radical (unpaired) electrons. The van der Waals surface area contributed by atoms with E-state index in [0.29, 0.717) is 0 Å². The van der Waals surface area contributed by atoms with Crippen LogP contribution in [0.2, 0.25) is 0 Å². The van der Waals surface area contributed by atoms with Crippen molar-refractivity contribution in [2.45, 2.75) is 57.7 Å². The Hall–Kier alpha value is -0.450. The van der Waals surface area contributed by atoms with E-state index < -0.39 is 0 Å². The van der Waals surface area contributed by atoms with Crippen LogP contribution < -0.4 is 5.32 Å². The van der Waals surface area contributed by atoms with Gasteiger partial charge in [-0.3, -0.25) is 4.90 Å². The van der Waals surface area contributed by atoms with Gasteiger partial charge in [0.05, 0.1) is 12.2 Å². The molecule has 3 rings (SSSR count). The molecule has 1 saturated heterocycles. The number of hydrogen-bond donors (Lipinski definition) is 1. The van der Waals surface area contributed by atoms with Crippen molar-refractivity contribution in [1.82, 2.24) is 15.2 Å². The number of rotatable bonds is 5. The maximum atomic E-state index is 4.75. The van der Waals surface area contributed by atoms with Crippen LogP contribution in [0, 0.1) is 0 Å². The minimum atomic E-state index is 0.778. The summed E-state index contributed by atoms with van der Waals surface area (Å²) in [4.78, 5) is 7.32. The lowest BCUT2D eigenvalue weighted by atomic mass is 10.2. The first kappa shape index (κ1) is 12.6. The van der Waals surface area contributed by atoms with Crippen molar-refractivity contribution in [1.29, 1.82) is 0 Å². The maximum Gasteiger partial charge on any atom is 0.107 e. The molecule has 4 heteroatoms. The smallest absolute Gasteiger partial charge is 0.107 e. The van der Waals surface area contributed by atoms with Gasteiger partial charge in [0.15, 0.2) is 0 Å². The van der Waals surface area contributed by atoms with E-state index in [1.54, 1.807) is 0 Å². The fourth-order valence-corrected chi connectivity index (χ4v) is 3.36. The molecule has 1 saturated carbocycles. The molecule has 2 aliphatic rings. The second-order valence-electron chi connectivity index (χ2n) is 5.58. The summed E-state index contributed by atoms with van der Waals surface area (Å²) in [5.74, 6) is 0. The van der Waals surface area contributed by atoms with Gasteiger partial charge in [-0.2, -0.15) is 0 Å². The molecule has 1 aromatic rings. The summed E-state index contributed by atoms with van der Waals surface area (Å²) >= 11 is 1.83. The lowest BCUT2D eigenvalue weighted by Gasteiger charge is -2.17. The van der Waals surface area contributed by atoms with E-state index in [1.165, 1.54) is 62.3 Å². The Labute approximate surface area is 114 Å². The normalized spacial score (nSPS) is 22.0. The Balaban J connectivity index is 1.48. The zero-order valence-corrected chi connectivity index (χ0v) is 11.8. The van der Waals surface area contributed by atoms with Crippen LogP contribution in [-0.2, 0) is 13.1 Å². The first-order chi connectivity index (χ1) is 8.90. The summed E-state index contributed by atoms with van der Waals surface area (Å²) in [6.07, 6.45) is 8.24. The van der Waals surface area contributed by atoms with Crippen LogP contribution in [0.3, 0.4) is 0 Å². The van der Waals surface area contributed by atoms with Crippen molar-refractivity contribution in [3.63, 3.8) is 0 Å². The maximum absolute atomic E-state index is 4.75. The first-order valence-electron chi connectivity index (χ1n) is 7.29. The third-order valence-corrected chi connectivity index (χ3v) is 4.69. The second kappa shape index (κ2) is 6.13. The van der Waals surface area contributed by atoms with E-state index in [0.717, 1.165) is 19.1 Å². The zero-order chi connectivity index (χ0) is 12.2. The lowest BCUT2D eigenvalue weighted by Crippen LogP contribution is -2.24. The molecule has 0 amide bonds. The topological polar surface area (TPSA) is 28.2 Å². The van der Waals surface area contributed by atoms with Gasteiger partial charge in [0, 0.05) is 18.0 Å². The monoisotopic (exact) mass is 265 g/mol. The average molecular weight is 265 g/mol. The summed E-state index contributed by atoms with van der Waals surface area (Å²) in [7, 11) is 0. The second-order valence-corrected chi connectivity index (χ2v) is 6.52. The highest BCUT2D eigenvalue weighted by Crippen LogP contribution is 2.20. The summed E-state index contributed by atoms with van der Waals surface area (Å²) in [5, 5.41) is 7.05. The fraction of sp³-hybridized carbons (Fsp3) is 0.786. The van der Waals surface area contributed by atoms with Gasteiger partial charge in [-0.1, -0.05) is 12.8 Å². The molecule has 0 aromatic carbocycles. The van der Waals surface area contributed by atoms with E-state index in [-0.39, 0.29) is 0 Å². The molecule has 1 N–H and O–H groups in total. The summed E-state index contributed by atoms with van der Waals surface area (Å²) in [5.41, 5.74) is 1.23. The highest BCUT2D eigenvalue weighted by molar-refractivity contribution is 7.09. The van der Waals surface area contributed by atoms with Crippen molar-refractivity contribution in [2.75, 3.05) is 13.1 Å². The Morgan fingerprint density at radius 3 is 2.72 bits per heavy atom. The zero-order valence-electron chi connectivity index (χ0n) is 11.0. The van der Waals surface area contributed by atoms with E-state index in [9.17, 15) is 0 Å². The van der Waals surface area contributed by atoms with Gasteiger partial charge >= 0.3 is 0 Å². The van der Waals surface area contributed by atoms with E-state index >= 15 is 0 Å². The van der Waals surface area contributed by atoms with E-state index in [1.807, 2.05) is 11.3 Å². The quantitative estimate of drug-likeness (QED) is 0.887.